The van der Waals surface area contributed by atoms with E-state index in [1.807, 2.05) is 12.1 Å². The number of rotatable bonds is 10. The highest BCUT2D eigenvalue weighted by Crippen LogP contribution is 2.31. The van der Waals surface area contributed by atoms with Crippen LogP contribution in [0.25, 0.3) is 10.9 Å². The molecule has 0 radical (unpaired) electrons. The molecule has 0 saturated heterocycles. The Morgan fingerprint density at radius 1 is 1.06 bits per heavy atom. The third-order valence-electron chi connectivity index (χ3n) is 6.82. The van der Waals surface area contributed by atoms with Crippen LogP contribution >= 0.6 is 0 Å². The lowest BCUT2D eigenvalue weighted by Crippen LogP contribution is -2.33. The number of aryl methyl sites for hydroxylation is 2. The van der Waals surface area contributed by atoms with Gasteiger partial charge in [-0.15, -0.1) is 0 Å². The number of aliphatic hydroxyl groups excluding tert-OH is 1. The third-order valence-corrected chi connectivity index (χ3v) is 6.82. The number of aromatic nitrogens is 1. The van der Waals surface area contributed by atoms with Gasteiger partial charge in [0.25, 0.3) is 0 Å². The minimum absolute atomic E-state index is 0.172. The summed E-state index contributed by atoms with van der Waals surface area (Å²) < 4.78 is 5.90. The van der Waals surface area contributed by atoms with E-state index in [0.717, 1.165) is 49.5 Å². The van der Waals surface area contributed by atoms with Crippen LogP contribution in [0.4, 0.5) is 0 Å². The molecule has 2 aromatic carbocycles. The molecule has 1 heterocycles. The highest BCUT2D eigenvalue weighted by molar-refractivity contribution is 5.87. The van der Waals surface area contributed by atoms with E-state index in [2.05, 4.69) is 43.2 Å². The molecule has 1 atom stereocenters. The molecule has 0 spiro atoms. The fraction of sp³-hybridized carbons (Fsp3) is 0.464. The van der Waals surface area contributed by atoms with E-state index in [1.54, 1.807) is 6.07 Å². The Bertz CT molecular complexity index is 1130. The van der Waals surface area contributed by atoms with Gasteiger partial charge in [0, 0.05) is 24.0 Å². The zero-order valence-corrected chi connectivity index (χ0v) is 20.0. The molecule has 5 nitrogen and oxygen atoms in total. The normalized spacial score (nSPS) is 14.5. The van der Waals surface area contributed by atoms with Crippen LogP contribution in [0.1, 0.15) is 67.5 Å². The fourth-order valence-electron chi connectivity index (χ4n) is 4.95. The van der Waals surface area contributed by atoms with E-state index in [-0.39, 0.29) is 5.56 Å². The zero-order valence-electron chi connectivity index (χ0n) is 20.0. The number of pyridine rings is 1. The van der Waals surface area contributed by atoms with Gasteiger partial charge in [-0.05, 0) is 72.1 Å². The first-order valence-electron chi connectivity index (χ1n) is 12.4. The SMILES string of the molecule is CCCCOc1ccc([C@@H](O)CNC2Cc3cc(CC)c(CC)cc3C2)c2ccc(=O)[nH]c12. The van der Waals surface area contributed by atoms with Gasteiger partial charge in [0.15, 0.2) is 0 Å². The molecule has 0 saturated carbocycles. The van der Waals surface area contributed by atoms with Gasteiger partial charge in [-0.3, -0.25) is 4.79 Å². The summed E-state index contributed by atoms with van der Waals surface area (Å²) in [5.41, 5.74) is 7.07. The molecule has 3 aromatic rings. The number of benzene rings is 2. The van der Waals surface area contributed by atoms with Crippen molar-refractivity contribution >= 4 is 10.9 Å². The fourth-order valence-corrected chi connectivity index (χ4v) is 4.95. The molecule has 0 amide bonds. The number of fused-ring (bicyclic) bond motifs is 2. The van der Waals surface area contributed by atoms with Crippen LogP contribution in [-0.2, 0) is 25.7 Å². The van der Waals surface area contributed by atoms with Crippen molar-refractivity contribution in [3.63, 3.8) is 0 Å². The summed E-state index contributed by atoms with van der Waals surface area (Å²) in [5, 5.41) is 15.4. The second kappa shape index (κ2) is 10.5. The number of hydrogen-bond donors (Lipinski definition) is 3. The minimum atomic E-state index is -0.677. The maximum atomic E-state index is 12.0. The summed E-state index contributed by atoms with van der Waals surface area (Å²) in [5.74, 6) is 0.657. The molecule has 0 aliphatic heterocycles. The molecule has 0 unspecified atom stereocenters. The quantitative estimate of drug-likeness (QED) is 0.396. The topological polar surface area (TPSA) is 74.3 Å². The van der Waals surface area contributed by atoms with Crippen LogP contribution in [-0.4, -0.2) is 29.3 Å². The Labute approximate surface area is 196 Å². The minimum Gasteiger partial charge on any atom is -0.491 e. The molecule has 5 heteroatoms. The summed E-state index contributed by atoms with van der Waals surface area (Å²) >= 11 is 0. The van der Waals surface area contributed by atoms with E-state index in [4.69, 9.17) is 4.74 Å². The van der Waals surface area contributed by atoms with Crippen molar-refractivity contribution in [3.05, 3.63) is 74.6 Å². The highest BCUT2D eigenvalue weighted by Gasteiger charge is 2.24. The van der Waals surface area contributed by atoms with Gasteiger partial charge in [-0.2, -0.15) is 0 Å². The third kappa shape index (κ3) is 5.15. The number of aliphatic hydroxyl groups is 1. The lowest BCUT2D eigenvalue weighted by Gasteiger charge is -2.19. The number of unbranched alkanes of at least 4 members (excludes halogenated alkanes) is 1. The van der Waals surface area contributed by atoms with Crippen molar-refractivity contribution in [3.8, 4) is 5.75 Å². The van der Waals surface area contributed by atoms with Crippen LogP contribution in [0.3, 0.4) is 0 Å². The average molecular weight is 449 g/mol. The number of hydrogen-bond acceptors (Lipinski definition) is 4. The highest BCUT2D eigenvalue weighted by atomic mass is 16.5. The van der Waals surface area contributed by atoms with Crippen molar-refractivity contribution in [2.24, 2.45) is 0 Å². The Morgan fingerprint density at radius 3 is 2.39 bits per heavy atom. The van der Waals surface area contributed by atoms with Crippen molar-refractivity contribution < 1.29 is 9.84 Å². The van der Waals surface area contributed by atoms with E-state index in [9.17, 15) is 9.90 Å². The van der Waals surface area contributed by atoms with E-state index in [0.29, 0.717) is 30.5 Å². The molecule has 33 heavy (non-hydrogen) atoms. The first kappa shape index (κ1) is 23.5. The predicted octanol–water partition coefficient (Wildman–Crippen LogP) is 4.62. The Kier molecular flexibility index (Phi) is 7.51. The monoisotopic (exact) mass is 448 g/mol. The van der Waals surface area contributed by atoms with Gasteiger partial charge in [-0.1, -0.05) is 45.4 Å². The van der Waals surface area contributed by atoms with E-state index >= 15 is 0 Å². The lowest BCUT2D eigenvalue weighted by atomic mass is 9.97. The Balaban J connectivity index is 1.47. The second-order valence-electron chi connectivity index (χ2n) is 9.09. The summed E-state index contributed by atoms with van der Waals surface area (Å²) in [6.07, 6.45) is 5.46. The first-order valence-corrected chi connectivity index (χ1v) is 12.4. The Morgan fingerprint density at radius 2 is 1.76 bits per heavy atom. The first-order chi connectivity index (χ1) is 16.0. The summed E-state index contributed by atoms with van der Waals surface area (Å²) in [6.45, 7) is 7.63. The number of ether oxygens (including phenoxy) is 1. The number of H-pyrrole nitrogens is 1. The van der Waals surface area contributed by atoms with Crippen LogP contribution in [0.5, 0.6) is 5.75 Å². The predicted molar refractivity (Wildman–Crippen MR) is 134 cm³/mol. The van der Waals surface area contributed by atoms with Gasteiger partial charge in [-0.25, -0.2) is 0 Å². The standard InChI is InChI=1S/C28H36N2O3/c1-4-7-12-33-26-10-8-23(24-9-11-27(32)30-28(24)26)25(31)17-29-22-15-20-13-18(5-2)19(6-3)14-21(20)16-22/h8-11,13-14,22,25,29,31H,4-7,12,15-17H2,1-3H3,(H,30,32)/t25-/m0/s1. The smallest absolute Gasteiger partial charge is 0.248 e. The van der Waals surface area contributed by atoms with Crippen LogP contribution in [0.15, 0.2) is 41.2 Å². The van der Waals surface area contributed by atoms with Gasteiger partial charge in [0.05, 0.1) is 18.2 Å². The van der Waals surface area contributed by atoms with Crippen molar-refractivity contribution in [1.82, 2.24) is 10.3 Å². The molecular weight excluding hydrogens is 412 g/mol. The van der Waals surface area contributed by atoms with Gasteiger partial charge in [0.2, 0.25) is 5.56 Å². The number of aromatic amines is 1. The Hall–Kier alpha value is -2.63. The van der Waals surface area contributed by atoms with Crippen LogP contribution in [0.2, 0.25) is 0 Å². The summed E-state index contributed by atoms with van der Waals surface area (Å²) in [4.78, 5) is 14.9. The molecule has 1 aliphatic carbocycles. The van der Waals surface area contributed by atoms with Gasteiger partial charge < -0.3 is 20.1 Å². The van der Waals surface area contributed by atoms with Crippen molar-refractivity contribution in [2.45, 2.75) is 71.4 Å². The van der Waals surface area contributed by atoms with Crippen LogP contribution in [0, 0.1) is 0 Å². The lowest BCUT2D eigenvalue weighted by molar-refractivity contribution is 0.171. The van der Waals surface area contributed by atoms with E-state index < -0.39 is 6.10 Å². The average Bonchev–Trinajstić information content (AvgIpc) is 3.23. The van der Waals surface area contributed by atoms with Crippen LogP contribution < -0.4 is 15.6 Å². The molecule has 1 aliphatic rings. The summed E-state index contributed by atoms with van der Waals surface area (Å²) in [6, 6.07) is 12.2. The maximum absolute atomic E-state index is 12.0. The molecule has 0 fully saturated rings. The van der Waals surface area contributed by atoms with Gasteiger partial charge in [0.1, 0.15) is 5.75 Å². The van der Waals surface area contributed by atoms with Crippen molar-refractivity contribution in [1.29, 1.82) is 0 Å². The molecule has 1 aromatic heterocycles. The second-order valence-corrected chi connectivity index (χ2v) is 9.09. The maximum Gasteiger partial charge on any atom is 0.248 e. The molecule has 4 rings (SSSR count). The summed E-state index contributed by atoms with van der Waals surface area (Å²) in [7, 11) is 0. The van der Waals surface area contributed by atoms with E-state index in [1.165, 1.54) is 28.3 Å². The number of nitrogens with one attached hydrogen (secondary N) is 2. The zero-order chi connectivity index (χ0) is 23.4. The largest absolute Gasteiger partial charge is 0.491 e. The molecular formula is C28H36N2O3. The van der Waals surface area contributed by atoms with Gasteiger partial charge >= 0.3 is 0 Å². The molecule has 3 N–H and O–H groups in total. The molecule has 176 valence electrons. The van der Waals surface area contributed by atoms with Crippen molar-refractivity contribution in [2.75, 3.05) is 13.2 Å². The molecule has 0 bridgehead atoms.